The van der Waals surface area contributed by atoms with Gasteiger partial charge in [-0.05, 0) is 59.7 Å². The fourth-order valence-electron chi connectivity index (χ4n) is 3.95. The highest BCUT2D eigenvalue weighted by Gasteiger charge is 2.19. The van der Waals surface area contributed by atoms with Crippen molar-refractivity contribution < 1.29 is 4.79 Å². The predicted octanol–water partition coefficient (Wildman–Crippen LogP) is 4.52. The fourth-order valence-corrected chi connectivity index (χ4v) is 3.95. The van der Waals surface area contributed by atoms with Gasteiger partial charge in [-0.3, -0.25) is 4.98 Å². The summed E-state index contributed by atoms with van der Waals surface area (Å²) in [4.78, 5) is 19.3. The van der Waals surface area contributed by atoms with Crippen LogP contribution in [0.5, 0.6) is 0 Å². The summed E-state index contributed by atoms with van der Waals surface area (Å²) in [7, 11) is 0. The van der Waals surface area contributed by atoms with Crippen molar-refractivity contribution in [2.45, 2.75) is 26.9 Å². The number of anilines is 1. The van der Waals surface area contributed by atoms with E-state index in [1.807, 2.05) is 68.4 Å². The van der Waals surface area contributed by atoms with E-state index >= 15 is 0 Å². The number of benzene rings is 2. The van der Waals surface area contributed by atoms with Gasteiger partial charge in [-0.25, -0.2) is 4.79 Å². The Balaban J connectivity index is 1.52. The first-order valence-electron chi connectivity index (χ1n) is 10.7. The zero-order chi connectivity index (χ0) is 22.8. The molecule has 0 unspecified atom stereocenters. The van der Waals surface area contributed by atoms with E-state index in [0.717, 1.165) is 38.8 Å². The van der Waals surface area contributed by atoms with Gasteiger partial charge in [0, 0.05) is 35.6 Å². The monoisotopic (exact) mass is 437 g/mol. The predicted molar refractivity (Wildman–Crippen MR) is 127 cm³/mol. The van der Waals surface area contributed by atoms with E-state index in [2.05, 4.69) is 31.9 Å². The quantitative estimate of drug-likeness (QED) is 0.437. The number of amides is 2. The lowest BCUT2D eigenvalue weighted by Gasteiger charge is -2.24. The molecular weight excluding hydrogens is 414 g/mol. The van der Waals surface area contributed by atoms with E-state index in [1.165, 1.54) is 0 Å². The summed E-state index contributed by atoms with van der Waals surface area (Å²) in [5.74, 6) is 0. The summed E-state index contributed by atoms with van der Waals surface area (Å²) in [5, 5.41) is 16.4. The van der Waals surface area contributed by atoms with Gasteiger partial charge in [-0.15, -0.1) is 5.10 Å². The van der Waals surface area contributed by atoms with Crippen LogP contribution >= 0.6 is 0 Å². The molecule has 2 amide bonds. The number of para-hydroxylation sites is 1. The van der Waals surface area contributed by atoms with Crippen LogP contribution in [0, 0.1) is 13.8 Å². The van der Waals surface area contributed by atoms with Crippen molar-refractivity contribution in [2.75, 3.05) is 5.32 Å². The Hall–Kier alpha value is -4.33. The topological polar surface area (TPSA) is 88.3 Å². The third kappa shape index (κ3) is 4.23. The van der Waals surface area contributed by atoms with Crippen molar-refractivity contribution in [3.63, 3.8) is 0 Å². The Kier molecular flexibility index (Phi) is 5.40. The Morgan fingerprint density at radius 2 is 1.88 bits per heavy atom. The number of fused-ring (bicyclic) bond motifs is 3. The first-order valence-corrected chi connectivity index (χ1v) is 10.7. The smallest absolute Gasteiger partial charge is 0.316 e. The molecule has 1 N–H and O–H groups in total. The van der Waals surface area contributed by atoms with Crippen LogP contribution in [0.25, 0.3) is 16.6 Å². The highest BCUT2D eigenvalue weighted by atomic mass is 16.2. The van der Waals surface area contributed by atoms with Gasteiger partial charge < -0.3 is 10.2 Å². The Labute approximate surface area is 190 Å². The van der Waals surface area contributed by atoms with Crippen LogP contribution in [0.3, 0.4) is 0 Å². The van der Waals surface area contributed by atoms with E-state index in [0.29, 0.717) is 18.7 Å². The minimum atomic E-state index is -0.210. The van der Waals surface area contributed by atoms with E-state index in [-0.39, 0.29) is 6.03 Å². The van der Waals surface area contributed by atoms with Crippen molar-refractivity contribution in [3.05, 3.63) is 95.3 Å². The lowest BCUT2D eigenvalue weighted by Crippen LogP contribution is -2.34. The number of hydrogen-bond acceptors (Lipinski definition) is 5. The molecular formula is C25H23N7O. The number of pyridine rings is 2. The van der Waals surface area contributed by atoms with E-state index in [9.17, 15) is 4.79 Å². The molecule has 8 nitrogen and oxygen atoms in total. The van der Waals surface area contributed by atoms with Gasteiger partial charge in [0.15, 0.2) is 5.65 Å². The summed E-state index contributed by atoms with van der Waals surface area (Å²) < 4.78 is 1.75. The molecule has 0 bridgehead atoms. The normalized spacial score (nSPS) is 11.1. The van der Waals surface area contributed by atoms with Crippen molar-refractivity contribution in [3.8, 4) is 0 Å². The summed E-state index contributed by atoms with van der Waals surface area (Å²) in [6.45, 7) is 4.78. The molecule has 0 aliphatic rings. The molecule has 0 radical (unpaired) electrons. The number of nitrogens with one attached hydrogen (secondary N) is 1. The first kappa shape index (κ1) is 20.6. The molecule has 164 valence electrons. The number of aromatic nitrogens is 5. The maximum absolute atomic E-state index is 13.3. The number of hydrogen-bond donors (Lipinski definition) is 1. The second-order valence-electron chi connectivity index (χ2n) is 8.11. The number of tetrazole rings is 1. The summed E-state index contributed by atoms with van der Waals surface area (Å²) in [6.07, 6.45) is 3.49. The van der Waals surface area contributed by atoms with Gasteiger partial charge in [0.25, 0.3) is 0 Å². The van der Waals surface area contributed by atoms with Gasteiger partial charge in [-0.1, -0.05) is 42.0 Å². The second kappa shape index (κ2) is 8.66. The maximum Gasteiger partial charge on any atom is 0.322 e. The fraction of sp³-hybridized carbons (Fsp3) is 0.160. The van der Waals surface area contributed by atoms with Crippen molar-refractivity contribution in [1.29, 1.82) is 0 Å². The molecule has 0 aliphatic carbocycles. The Morgan fingerprint density at radius 1 is 1.03 bits per heavy atom. The molecule has 0 saturated carbocycles. The molecule has 5 aromatic rings. The summed E-state index contributed by atoms with van der Waals surface area (Å²) in [5.41, 5.74) is 6.35. The van der Waals surface area contributed by atoms with Gasteiger partial charge in [0.05, 0.1) is 12.1 Å². The molecule has 0 saturated heterocycles. The Morgan fingerprint density at radius 3 is 2.67 bits per heavy atom. The SMILES string of the molecule is Cc1ccc(NC(=O)N(Cc2cccnc2)Cc2cc3cccc(C)c3n3nnnc23)cc1. The highest BCUT2D eigenvalue weighted by molar-refractivity contribution is 5.90. The van der Waals surface area contributed by atoms with Gasteiger partial charge in [0.2, 0.25) is 0 Å². The highest BCUT2D eigenvalue weighted by Crippen LogP contribution is 2.24. The number of rotatable bonds is 5. The van der Waals surface area contributed by atoms with Gasteiger partial charge in [0.1, 0.15) is 0 Å². The van der Waals surface area contributed by atoms with Crippen LogP contribution in [-0.2, 0) is 13.1 Å². The van der Waals surface area contributed by atoms with Crippen LogP contribution in [-0.4, -0.2) is 36.0 Å². The molecule has 5 rings (SSSR count). The number of carbonyl (C=O) groups excluding carboxylic acids is 1. The molecule has 0 fully saturated rings. The lowest BCUT2D eigenvalue weighted by molar-refractivity contribution is 0.206. The minimum absolute atomic E-state index is 0.210. The zero-order valence-corrected chi connectivity index (χ0v) is 18.4. The largest absolute Gasteiger partial charge is 0.322 e. The first-order chi connectivity index (χ1) is 16.1. The van der Waals surface area contributed by atoms with Crippen LogP contribution in [0.15, 0.2) is 73.1 Å². The molecule has 0 atom stereocenters. The lowest BCUT2D eigenvalue weighted by atomic mass is 10.1. The van der Waals surface area contributed by atoms with Crippen LogP contribution in [0.2, 0.25) is 0 Å². The van der Waals surface area contributed by atoms with Crippen LogP contribution < -0.4 is 5.32 Å². The van der Waals surface area contributed by atoms with E-state index < -0.39 is 0 Å². The molecule has 2 aromatic carbocycles. The summed E-state index contributed by atoms with van der Waals surface area (Å²) in [6, 6.07) is 19.5. The number of urea groups is 1. The zero-order valence-electron chi connectivity index (χ0n) is 18.4. The van der Waals surface area contributed by atoms with Crippen molar-refractivity contribution in [1.82, 2.24) is 29.9 Å². The molecule has 0 aliphatic heterocycles. The third-order valence-corrected chi connectivity index (χ3v) is 5.61. The minimum Gasteiger partial charge on any atom is -0.316 e. The molecule has 8 heteroatoms. The number of nitrogens with zero attached hydrogens (tertiary/aromatic N) is 6. The van der Waals surface area contributed by atoms with E-state index in [1.54, 1.807) is 21.8 Å². The second-order valence-corrected chi connectivity index (χ2v) is 8.11. The Bertz CT molecular complexity index is 1430. The van der Waals surface area contributed by atoms with Gasteiger partial charge >= 0.3 is 6.03 Å². The average Bonchev–Trinajstić information content (AvgIpc) is 3.31. The maximum atomic E-state index is 13.3. The third-order valence-electron chi connectivity index (χ3n) is 5.61. The molecule has 3 aromatic heterocycles. The van der Waals surface area contributed by atoms with Crippen molar-refractivity contribution in [2.24, 2.45) is 0 Å². The number of aryl methyl sites for hydroxylation is 2. The number of carbonyl (C=O) groups is 1. The van der Waals surface area contributed by atoms with Crippen LogP contribution in [0.4, 0.5) is 10.5 Å². The van der Waals surface area contributed by atoms with E-state index in [4.69, 9.17) is 0 Å². The molecule has 0 spiro atoms. The summed E-state index contributed by atoms with van der Waals surface area (Å²) >= 11 is 0. The molecule has 33 heavy (non-hydrogen) atoms. The standard InChI is InChI=1S/C25H23N7O/c1-17-8-10-22(11-9-17)27-25(33)31(15-19-6-4-12-26-14-19)16-21-13-20-7-3-5-18(2)23(20)32-24(21)28-29-30-32/h3-14H,15-16H2,1-2H3,(H,27,33). The average molecular weight is 438 g/mol. The van der Waals surface area contributed by atoms with Gasteiger partial charge in [-0.2, -0.15) is 4.52 Å². The molecule has 3 heterocycles. The van der Waals surface area contributed by atoms with Crippen LogP contribution in [0.1, 0.15) is 22.3 Å². The van der Waals surface area contributed by atoms with Crippen molar-refractivity contribution >= 4 is 28.3 Å².